The van der Waals surface area contributed by atoms with Gasteiger partial charge in [0.05, 0.1) is 12.5 Å². The molecule has 0 aromatic heterocycles. The average Bonchev–Trinajstić information content (AvgIpc) is 2.37. The lowest BCUT2D eigenvalue weighted by Crippen LogP contribution is -2.53. The van der Waals surface area contributed by atoms with Crippen molar-refractivity contribution in [3.05, 3.63) is 0 Å². The Morgan fingerprint density at radius 1 is 1.44 bits per heavy atom. The molecule has 2 unspecified atom stereocenters. The van der Waals surface area contributed by atoms with Gasteiger partial charge in [-0.15, -0.1) is 0 Å². The van der Waals surface area contributed by atoms with Gasteiger partial charge in [0.25, 0.3) is 5.91 Å². The predicted octanol–water partition coefficient (Wildman–Crippen LogP) is -1.40. The van der Waals surface area contributed by atoms with Gasteiger partial charge < -0.3 is 21.1 Å². The first-order valence-corrected chi connectivity index (χ1v) is 5.97. The molecule has 0 bridgehead atoms. The molecular formula is C11H19N3O4. The molecule has 7 nitrogen and oxygen atoms in total. The average molecular weight is 257 g/mol. The minimum atomic E-state index is -1.32. The standard InChI is InChI=1S/C11H19N3O4/c1-2-18-11(17)8(12)10(16)14-5-3-4-7(6-14)9(13)15/h7-8H,2-6,12H2,1H3,(H2,13,15). The monoisotopic (exact) mass is 257 g/mol. The van der Waals surface area contributed by atoms with Crippen molar-refractivity contribution in [2.75, 3.05) is 19.7 Å². The van der Waals surface area contributed by atoms with Crippen LogP contribution in [0.15, 0.2) is 0 Å². The number of nitrogens with zero attached hydrogens (tertiary/aromatic N) is 1. The van der Waals surface area contributed by atoms with Crippen LogP contribution in [0, 0.1) is 5.92 Å². The number of nitrogens with two attached hydrogens (primary N) is 2. The van der Waals surface area contributed by atoms with Crippen molar-refractivity contribution in [1.29, 1.82) is 0 Å². The molecule has 1 fully saturated rings. The SMILES string of the molecule is CCOC(=O)C(N)C(=O)N1CCCC(C(N)=O)C1. The van der Waals surface area contributed by atoms with Crippen LogP contribution in [0.5, 0.6) is 0 Å². The smallest absolute Gasteiger partial charge is 0.332 e. The number of hydrogen-bond acceptors (Lipinski definition) is 5. The van der Waals surface area contributed by atoms with E-state index in [0.717, 1.165) is 0 Å². The summed E-state index contributed by atoms with van der Waals surface area (Å²) in [7, 11) is 0. The fourth-order valence-corrected chi connectivity index (χ4v) is 1.94. The number of amides is 2. The molecule has 0 aromatic carbocycles. The number of primary amides is 1. The second-order valence-electron chi connectivity index (χ2n) is 4.26. The molecule has 2 atom stereocenters. The van der Waals surface area contributed by atoms with Crippen LogP contribution in [0.25, 0.3) is 0 Å². The molecule has 7 heteroatoms. The highest BCUT2D eigenvalue weighted by Crippen LogP contribution is 2.16. The van der Waals surface area contributed by atoms with Gasteiger partial charge in [0.2, 0.25) is 5.91 Å². The molecule has 1 aliphatic rings. The summed E-state index contributed by atoms with van der Waals surface area (Å²) in [6.07, 6.45) is 1.34. The van der Waals surface area contributed by atoms with Gasteiger partial charge in [-0.25, -0.2) is 4.79 Å². The highest BCUT2D eigenvalue weighted by Gasteiger charge is 2.33. The second-order valence-corrected chi connectivity index (χ2v) is 4.26. The fourth-order valence-electron chi connectivity index (χ4n) is 1.94. The van der Waals surface area contributed by atoms with E-state index in [1.807, 2.05) is 0 Å². The van der Waals surface area contributed by atoms with E-state index in [9.17, 15) is 14.4 Å². The summed E-state index contributed by atoms with van der Waals surface area (Å²) < 4.78 is 4.69. The van der Waals surface area contributed by atoms with Crippen LogP contribution in [-0.2, 0) is 19.1 Å². The van der Waals surface area contributed by atoms with Crippen LogP contribution in [0.2, 0.25) is 0 Å². The Balaban J connectivity index is 2.60. The number of piperidine rings is 1. The van der Waals surface area contributed by atoms with Gasteiger partial charge in [-0.2, -0.15) is 0 Å². The van der Waals surface area contributed by atoms with E-state index in [1.54, 1.807) is 6.92 Å². The Hall–Kier alpha value is -1.63. The Morgan fingerprint density at radius 3 is 2.67 bits per heavy atom. The molecule has 0 spiro atoms. The van der Waals surface area contributed by atoms with E-state index in [2.05, 4.69) is 4.74 Å². The molecular weight excluding hydrogens is 238 g/mol. The largest absolute Gasteiger partial charge is 0.464 e. The first-order valence-electron chi connectivity index (χ1n) is 5.97. The highest BCUT2D eigenvalue weighted by atomic mass is 16.5. The van der Waals surface area contributed by atoms with E-state index in [-0.39, 0.29) is 19.1 Å². The third-order valence-corrected chi connectivity index (χ3v) is 2.94. The molecule has 1 heterocycles. The van der Waals surface area contributed by atoms with Gasteiger partial charge in [-0.1, -0.05) is 0 Å². The normalized spacial score (nSPS) is 21.2. The zero-order valence-corrected chi connectivity index (χ0v) is 10.4. The van der Waals surface area contributed by atoms with E-state index >= 15 is 0 Å². The zero-order chi connectivity index (χ0) is 13.7. The third-order valence-electron chi connectivity index (χ3n) is 2.94. The van der Waals surface area contributed by atoms with Crippen LogP contribution >= 0.6 is 0 Å². The summed E-state index contributed by atoms with van der Waals surface area (Å²) in [5.74, 6) is -2.06. The molecule has 2 amide bonds. The van der Waals surface area contributed by atoms with E-state index < -0.39 is 23.8 Å². The van der Waals surface area contributed by atoms with Crippen LogP contribution in [0.1, 0.15) is 19.8 Å². The van der Waals surface area contributed by atoms with Crippen LogP contribution in [0.3, 0.4) is 0 Å². The van der Waals surface area contributed by atoms with Crippen molar-refractivity contribution < 1.29 is 19.1 Å². The summed E-state index contributed by atoms with van der Waals surface area (Å²) >= 11 is 0. The van der Waals surface area contributed by atoms with Gasteiger partial charge in [0.15, 0.2) is 6.04 Å². The molecule has 0 aliphatic carbocycles. The van der Waals surface area contributed by atoms with E-state index in [0.29, 0.717) is 19.4 Å². The van der Waals surface area contributed by atoms with Crippen molar-refractivity contribution in [2.45, 2.75) is 25.8 Å². The number of ether oxygens (including phenoxy) is 1. The Morgan fingerprint density at radius 2 is 2.11 bits per heavy atom. The highest BCUT2D eigenvalue weighted by molar-refractivity contribution is 6.01. The van der Waals surface area contributed by atoms with Gasteiger partial charge in [-0.3, -0.25) is 9.59 Å². The summed E-state index contributed by atoms with van der Waals surface area (Å²) in [6, 6.07) is -1.32. The van der Waals surface area contributed by atoms with E-state index in [1.165, 1.54) is 4.90 Å². The van der Waals surface area contributed by atoms with Crippen molar-refractivity contribution in [1.82, 2.24) is 4.90 Å². The molecule has 0 aromatic rings. The van der Waals surface area contributed by atoms with Crippen LogP contribution < -0.4 is 11.5 Å². The number of rotatable bonds is 4. The van der Waals surface area contributed by atoms with Crippen LogP contribution in [0.4, 0.5) is 0 Å². The third kappa shape index (κ3) is 3.43. The zero-order valence-electron chi connectivity index (χ0n) is 10.4. The van der Waals surface area contributed by atoms with Gasteiger partial charge in [-0.05, 0) is 19.8 Å². The van der Waals surface area contributed by atoms with Gasteiger partial charge in [0.1, 0.15) is 0 Å². The summed E-state index contributed by atoms with van der Waals surface area (Å²) in [6.45, 7) is 2.51. The lowest BCUT2D eigenvalue weighted by atomic mass is 9.97. The Labute approximate surface area is 105 Å². The topological polar surface area (TPSA) is 116 Å². The minimum absolute atomic E-state index is 0.170. The van der Waals surface area contributed by atoms with Crippen LogP contribution in [-0.4, -0.2) is 48.4 Å². The molecule has 1 saturated heterocycles. The fraction of sp³-hybridized carbons (Fsp3) is 0.727. The number of carbonyl (C=O) groups excluding carboxylic acids is 3. The molecule has 4 N–H and O–H groups in total. The van der Waals surface area contributed by atoms with E-state index in [4.69, 9.17) is 11.5 Å². The maximum absolute atomic E-state index is 11.9. The maximum atomic E-state index is 11.9. The number of likely N-dealkylation sites (tertiary alicyclic amines) is 1. The van der Waals surface area contributed by atoms with Crippen molar-refractivity contribution in [3.8, 4) is 0 Å². The molecule has 0 saturated carbocycles. The van der Waals surface area contributed by atoms with Crippen molar-refractivity contribution in [2.24, 2.45) is 17.4 Å². The van der Waals surface area contributed by atoms with Gasteiger partial charge >= 0.3 is 5.97 Å². The lowest BCUT2D eigenvalue weighted by Gasteiger charge is -2.32. The molecule has 1 aliphatic heterocycles. The number of hydrogen-bond donors (Lipinski definition) is 2. The summed E-state index contributed by atoms with van der Waals surface area (Å²) in [5, 5.41) is 0. The van der Waals surface area contributed by atoms with Crippen molar-refractivity contribution >= 4 is 17.8 Å². The first kappa shape index (κ1) is 14.4. The maximum Gasteiger partial charge on any atom is 0.332 e. The quantitative estimate of drug-likeness (QED) is 0.474. The number of esters is 1. The molecule has 1 rings (SSSR count). The molecule has 18 heavy (non-hydrogen) atoms. The predicted molar refractivity (Wildman–Crippen MR) is 63.1 cm³/mol. The minimum Gasteiger partial charge on any atom is -0.464 e. The lowest BCUT2D eigenvalue weighted by molar-refractivity contribution is -0.151. The number of carbonyl (C=O) groups is 3. The first-order chi connectivity index (χ1) is 8.47. The van der Waals surface area contributed by atoms with Crippen molar-refractivity contribution in [3.63, 3.8) is 0 Å². The summed E-state index contributed by atoms with van der Waals surface area (Å²) in [4.78, 5) is 35.8. The summed E-state index contributed by atoms with van der Waals surface area (Å²) in [5.41, 5.74) is 10.7. The molecule has 102 valence electrons. The van der Waals surface area contributed by atoms with Gasteiger partial charge in [0, 0.05) is 13.1 Å². The second kappa shape index (κ2) is 6.34. The Bertz CT molecular complexity index is 345. The molecule has 0 radical (unpaired) electrons. The Kier molecular flexibility index (Phi) is 5.08.